The number of Topliss-reactive ketones (excluding diaryl/α,β-unsaturated/α-hetero) is 1. The molecule has 0 amide bonds. The molecule has 3 nitrogen and oxygen atoms in total. The highest BCUT2D eigenvalue weighted by Crippen LogP contribution is 2.19. The van der Waals surface area contributed by atoms with Gasteiger partial charge in [-0.25, -0.2) is 0 Å². The molecule has 0 saturated heterocycles. The Bertz CT molecular complexity index is 525. The van der Waals surface area contributed by atoms with Crippen LogP contribution in [0.15, 0.2) is 23.9 Å². The van der Waals surface area contributed by atoms with E-state index < -0.39 is 0 Å². The number of rotatable bonds is 0. The lowest BCUT2D eigenvalue weighted by atomic mass is 9.92. The standard InChI is InChI=1S/C10H7NO2S/c1-5-2-8(12)7-4-11-9(14)3-6(7)10(5)13/h2-4H,1H3,(H,11,14). The Kier molecular flexibility index (Phi) is 1.93. The van der Waals surface area contributed by atoms with Crippen molar-refractivity contribution >= 4 is 23.8 Å². The SMILES string of the molecule is CC1=CC(=O)c2c[nH]c(=S)cc2C1=O. The van der Waals surface area contributed by atoms with Gasteiger partial charge in [-0.1, -0.05) is 12.2 Å². The summed E-state index contributed by atoms with van der Waals surface area (Å²) in [5.74, 6) is -0.275. The van der Waals surface area contributed by atoms with Crippen molar-refractivity contribution < 1.29 is 9.59 Å². The first-order chi connectivity index (χ1) is 6.59. The Morgan fingerprint density at radius 2 is 2.00 bits per heavy atom. The van der Waals surface area contributed by atoms with E-state index in [2.05, 4.69) is 4.98 Å². The van der Waals surface area contributed by atoms with Crippen LogP contribution in [-0.4, -0.2) is 16.6 Å². The van der Waals surface area contributed by atoms with Crippen LogP contribution < -0.4 is 0 Å². The maximum Gasteiger partial charge on any atom is 0.189 e. The number of ketones is 2. The lowest BCUT2D eigenvalue weighted by Gasteiger charge is -2.11. The highest BCUT2D eigenvalue weighted by molar-refractivity contribution is 7.71. The molecule has 0 aromatic carbocycles. The van der Waals surface area contributed by atoms with Crippen molar-refractivity contribution in [3.63, 3.8) is 0 Å². The summed E-state index contributed by atoms with van der Waals surface area (Å²) in [4.78, 5) is 25.8. The smallest absolute Gasteiger partial charge is 0.189 e. The normalized spacial score (nSPS) is 15.1. The van der Waals surface area contributed by atoms with Crippen LogP contribution in [0.2, 0.25) is 0 Å². The number of hydrogen-bond acceptors (Lipinski definition) is 3. The summed E-state index contributed by atoms with van der Waals surface area (Å²) in [6, 6.07) is 1.53. The van der Waals surface area contributed by atoms with E-state index in [1.807, 2.05) is 0 Å². The van der Waals surface area contributed by atoms with Crippen LogP contribution in [0, 0.1) is 4.64 Å². The molecule has 0 bridgehead atoms. The van der Waals surface area contributed by atoms with E-state index in [1.54, 1.807) is 6.92 Å². The summed E-state index contributed by atoms with van der Waals surface area (Å²) >= 11 is 4.89. The molecule has 1 aromatic rings. The second-order valence-corrected chi connectivity index (χ2v) is 3.59. The van der Waals surface area contributed by atoms with Gasteiger partial charge in [0.25, 0.3) is 0 Å². The van der Waals surface area contributed by atoms with Gasteiger partial charge in [0.05, 0.1) is 0 Å². The first kappa shape index (κ1) is 9.02. The summed E-state index contributed by atoms with van der Waals surface area (Å²) < 4.78 is 0.458. The van der Waals surface area contributed by atoms with Crippen LogP contribution in [0.1, 0.15) is 27.6 Å². The molecule has 1 aliphatic rings. The molecule has 4 heteroatoms. The monoisotopic (exact) mass is 205 g/mol. The van der Waals surface area contributed by atoms with E-state index in [9.17, 15) is 9.59 Å². The molecule has 0 radical (unpaired) electrons. The number of H-pyrrole nitrogens is 1. The topological polar surface area (TPSA) is 49.9 Å². The maximum absolute atomic E-state index is 11.6. The lowest BCUT2D eigenvalue weighted by Crippen LogP contribution is -2.15. The molecule has 1 heterocycles. The van der Waals surface area contributed by atoms with E-state index in [4.69, 9.17) is 12.2 Å². The molecule has 0 fully saturated rings. The van der Waals surface area contributed by atoms with Gasteiger partial charge in [0.1, 0.15) is 4.64 Å². The Labute approximate surface area is 85.5 Å². The van der Waals surface area contributed by atoms with Gasteiger partial charge in [0.15, 0.2) is 11.6 Å². The molecular formula is C10H7NO2S. The highest BCUT2D eigenvalue weighted by Gasteiger charge is 2.22. The Balaban J connectivity index is 2.76. The first-order valence-corrected chi connectivity index (χ1v) is 4.50. The first-order valence-electron chi connectivity index (χ1n) is 4.09. The molecule has 2 rings (SSSR count). The number of nitrogens with one attached hydrogen (secondary N) is 1. The number of allylic oxidation sites excluding steroid dienone is 2. The third-order valence-corrected chi connectivity index (χ3v) is 2.38. The molecule has 0 unspecified atom stereocenters. The molecule has 1 aromatic heterocycles. The number of aromatic nitrogens is 1. The number of carbonyl (C=O) groups is 2. The molecule has 0 aliphatic heterocycles. The van der Waals surface area contributed by atoms with Gasteiger partial charge in [-0.15, -0.1) is 0 Å². The van der Waals surface area contributed by atoms with Crippen LogP contribution in [0.3, 0.4) is 0 Å². The highest BCUT2D eigenvalue weighted by atomic mass is 32.1. The molecule has 14 heavy (non-hydrogen) atoms. The van der Waals surface area contributed by atoms with E-state index in [0.717, 1.165) is 0 Å². The number of carbonyl (C=O) groups excluding carboxylic acids is 2. The summed E-state index contributed by atoms with van der Waals surface area (Å²) in [7, 11) is 0. The average molecular weight is 205 g/mol. The van der Waals surface area contributed by atoms with E-state index >= 15 is 0 Å². The zero-order valence-corrected chi connectivity index (χ0v) is 8.27. The predicted molar refractivity (Wildman–Crippen MR) is 54.0 cm³/mol. The minimum Gasteiger partial charge on any atom is -0.352 e. The number of fused-ring (bicyclic) bond motifs is 1. The Hall–Kier alpha value is -1.55. The van der Waals surface area contributed by atoms with Crippen LogP contribution in [0.25, 0.3) is 0 Å². The molecule has 1 aliphatic carbocycles. The van der Waals surface area contributed by atoms with Gasteiger partial charge < -0.3 is 4.98 Å². The zero-order valence-electron chi connectivity index (χ0n) is 7.46. The third-order valence-electron chi connectivity index (χ3n) is 2.14. The molecule has 1 N–H and O–H groups in total. The van der Waals surface area contributed by atoms with Gasteiger partial charge >= 0.3 is 0 Å². The van der Waals surface area contributed by atoms with E-state index in [-0.39, 0.29) is 11.6 Å². The van der Waals surface area contributed by atoms with Gasteiger partial charge in [-0.3, -0.25) is 9.59 Å². The zero-order chi connectivity index (χ0) is 10.3. The van der Waals surface area contributed by atoms with Crippen molar-refractivity contribution in [1.29, 1.82) is 0 Å². The number of pyridine rings is 1. The van der Waals surface area contributed by atoms with Crippen molar-refractivity contribution in [2.45, 2.75) is 6.92 Å². The average Bonchev–Trinajstić information content (AvgIpc) is 2.14. The predicted octanol–water partition coefficient (Wildman–Crippen LogP) is 2.07. The van der Waals surface area contributed by atoms with Crippen LogP contribution >= 0.6 is 12.2 Å². The van der Waals surface area contributed by atoms with Gasteiger partial charge in [-0.2, -0.15) is 0 Å². The fraction of sp³-hybridized carbons (Fsp3) is 0.100. The van der Waals surface area contributed by atoms with Crippen LogP contribution in [0.5, 0.6) is 0 Å². The fourth-order valence-electron chi connectivity index (χ4n) is 1.42. The molecular weight excluding hydrogens is 198 g/mol. The van der Waals surface area contributed by atoms with Gasteiger partial charge in [-0.05, 0) is 19.1 Å². The second kappa shape index (κ2) is 2.99. The number of hydrogen-bond donors (Lipinski definition) is 1. The molecule has 0 saturated carbocycles. The Morgan fingerprint density at radius 3 is 2.71 bits per heavy atom. The van der Waals surface area contributed by atoms with Gasteiger partial charge in [0.2, 0.25) is 0 Å². The van der Waals surface area contributed by atoms with Crippen molar-refractivity contribution in [2.75, 3.05) is 0 Å². The van der Waals surface area contributed by atoms with Gasteiger partial charge in [0, 0.05) is 22.9 Å². The molecule has 0 spiro atoms. The molecule has 70 valence electrons. The molecule has 0 atom stereocenters. The number of aromatic amines is 1. The summed E-state index contributed by atoms with van der Waals surface area (Å²) in [5, 5.41) is 0. The Morgan fingerprint density at radius 1 is 1.29 bits per heavy atom. The lowest BCUT2D eigenvalue weighted by molar-refractivity contribution is 0.0984. The van der Waals surface area contributed by atoms with Crippen molar-refractivity contribution in [3.8, 4) is 0 Å². The summed E-state index contributed by atoms with van der Waals surface area (Å²) in [6.07, 6.45) is 2.84. The van der Waals surface area contributed by atoms with Crippen molar-refractivity contribution in [2.24, 2.45) is 0 Å². The summed E-state index contributed by atoms with van der Waals surface area (Å²) in [5.41, 5.74) is 1.26. The van der Waals surface area contributed by atoms with Crippen LogP contribution in [-0.2, 0) is 0 Å². The maximum atomic E-state index is 11.6. The summed E-state index contributed by atoms with van der Waals surface area (Å²) in [6.45, 7) is 1.63. The largest absolute Gasteiger partial charge is 0.352 e. The third kappa shape index (κ3) is 1.24. The van der Waals surface area contributed by atoms with Crippen molar-refractivity contribution in [3.05, 3.63) is 39.7 Å². The second-order valence-electron chi connectivity index (χ2n) is 3.15. The minimum atomic E-state index is -0.150. The van der Waals surface area contributed by atoms with E-state index in [0.29, 0.717) is 21.3 Å². The quantitative estimate of drug-likeness (QED) is 0.659. The van der Waals surface area contributed by atoms with Crippen LogP contribution in [0.4, 0.5) is 0 Å². The minimum absolute atomic E-state index is 0.125. The fourth-order valence-corrected chi connectivity index (χ4v) is 1.59. The van der Waals surface area contributed by atoms with Crippen molar-refractivity contribution in [1.82, 2.24) is 4.98 Å². The van der Waals surface area contributed by atoms with E-state index in [1.165, 1.54) is 18.3 Å².